The van der Waals surface area contributed by atoms with Crippen LogP contribution in [0.25, 0.3) is 17.2 Å². The molecule has 0 bridgehead atoms. The number of para-hydroxylation sites is 1. The van der Waals surface area contributed by atoms with Crippen molar-refractivity contribution in [2.24, 2.45) is 0 Å². The summed E-state index contributed by atoms with van der Waals surface area (Å²) in [5.74, 6) is 1.97. The molecule has 0 fully saturated rings. The molecule has 0 aliphatic heterocycles. The van der Waals surface area contributed by atoms with Gasteiger partial charge in [-0.05, 0) is 31.2 Å². The molecule has 2 N–H and O–H groups in total. The van der Waals surface area contributed by atoms with Gasteiger partial charge in [-0.25, -0.2) is 4.98 Å². The second kappa shape index (κ2) is 4.53. The number of anilines is 1. The summed E-state index contributed by atoms with van der Waals surface area (Å²) >= 11 is 0. The third-order valence-electron chi connectivity index (χ3n) is 2.84. The smallest absolute Gasteiger partial charge is 0.187 e. The highest BCUT2D eigenvalue weighted by Crippen LogP contribution is 2.21. The van der Waals surface area contributed by atoms with Gasteiger partial charge in [0.2, 0.25) is 0 Å². The average Bonchev–Trinajstić information content (AvgIpc) is 2.82. The summed E-state index contributed by atoms with van der Waals surface area (Å²) in [5, 5.41) is 8.33. The minimum Gasteiger partial charge on any atom is -0.384 e. The molecule has 0 saturated heterocycles. The Morgan fingerprint density at radius 2 is 1.74 bits per heavy atom. The monoisotopic (exact) mass is 251 g/mol. The molecule has 5 nitrogen and oxygen atoms in total. The predicted octanol–water partition coefficient (Wildman–Crippen LogP) is 2.22. The number of nitrogens with zero attached hydrogens (tertiary/aromatic N) is 4. The molecular formula is C14H13N5. The normalized spacial score (nSPS) is 10.6. The highest BCUT2D eigenvalue weighted by molar-refractivity contribution is 5.56. The summed E-state index contributed by atoms with van der Waals surface area (Å²) in [6.07, 6.45) is 0. The number of aromatic nitrogens is 4. The molecule has 3 rings (SSSR count). The number of aryl methyl sites for hydroxylation is 1. The van der Waals surface area contributed by atoms with Crippen LogP contribution in [0.15, 0.2) is 48.5 Å². The Morgan fingerprint density at radius 3 is 2.47 bits per heavy atom. The van der Waals surface area contributed by atoms with Crippen molar-refractivity contribution >= 4 is 5.82 Å². The molecule has 0 saturated carbocycles. The van der Waals surface area contributed by atoms with Crippen LogP contribution in [-0.2, 0) is 0 Å². The van der Waals surface area contributed by atoms with E-state index in [9.17, 15) is 0 Å². The van der Waals surface area contributed by atoms with E-state index in [1.807, 2.05) is 54.0 Å². The molecule has 0 aliphatic rings. The third-order valence-corrected chi connectivity index (χ3v) is 2.84. The molecule has 19 heavy (non-hydrogen) atoms. The van der Waals surface area contributed by atoms with Crippen LogP contribution in [0.5, 0.6) is 0 Å². The van der Waals surface area contributed by atoms with Crippen molar-refractivity contribution in [1.29, 1.82) is 0 Å². The topological polar surface area (TPSA) is 69.6 Å². The van der Waals surface area contributed by atoms with Crippen molar-refractivity contribution in [1.82, 2.24) is 19.7 Å². The summed E-state index contributed by atoms with van der Waals surface area (Å²) in [6, 6.07) is 15.4. The van der Waals surface area contributed by atoms with Crippen molar-refractivity contribution in [3.63, 3.8) is 0 Å². The van der Waals surface area contributed by atoms with E-state index in [0.717, 1.165) is 11.5 Å². The fraction of sp³-hybridized carbons (Fsp3) is 0.0714. The average molecular weight is 251 g/mol. The van der Waals surface area contributed by atoms with Crippen LogP contribution in [0.3, 0.4) is 0 Å². The van der Waals surface area contributed by atoms with Crippen LogP contribution < -0.4 is 5.73 Å². The van der Waals surface area contributed by atoms with E-state index < -0.39 is 0 Å². The summed E-state index contributed by atoms with van der Waals surface area (Å²) < 4.78 is 1.96. The van der Waals surface area contributed by atoms with Crippen molar-refractivity contribution in [2.75, 3.05) is 5.73 Å². The van der Waals surface area contributed by atoms with Gasteiger partial charge in [-0.2, -0.15) is 0 Å². The molecule has 94 valence electrons. The van der Waals surface area contributed by atoms with E-state index in [2.05, 4.69) is 15.2 Å². The first-order valence-electron chi connectivity index (χ1n) is 5.96. The zero-order valence-electron chi connectivity index (χ0n) is 10.5. The van der Waals surface area contributed by atoms with E-state index >= 15 is 0 Å². The minimum absolute atomic E-state index is 0.470. The fourth-order valence-corrected chi connectivity index (χ4v) is 1.99. The highest BCUT2D eigenvalue weighted by atomic mass is 15.3. The molecule has 0 amide bonds. The van der Waals surface area contributed by atoms with Gasteiger partial charge < -0.3 is 5.73 Å². The first-order chi connectivity index (χ1) is 9.25. The number of benzene rings is 1. The summed E-state index contributed by atoms with van der Waals surface area (Å²) in [5.41, 5.74) is 7.44. The lowest BCUT2D eigenvalue weighted by atomic mass is 10.3. The van der Waals surface area contributed by atoms with Crippen molar-refractivity contribution < 1.29 is 0 Å². The SMILES string of the molecule is Cc1nnc(-c2cccc(N)n2)n1-c1ccccc1. The number of pyridine rings is 1. The number of nitrogen functional groups attached to an aromatic ring is 1. The van der Waals surface area contributed by atoms with E-state index in [1.165, 1.54) is 0 Å². The lowest BCUT2D eigenvalue weighted by molar-refractivity contribution is 0.970. The number of hydrogen-bond donors (Lipinski definition) is 1. The molecule has 1 aromatic carbocycles. The molecule has 3 aromatic rings. The second-order valence-electron chi connectivity index (χ2n) is 4.19. The van der Waals surface area contributed by atoms with Gasteiger partial charge in [0.1, 0.15) is 17.3 Å². The van der Waals surface area contributed by atoms with E-state index in [0.29, 0.717) is 17.3 Å². The Bertz CT molecular complexity index is 703. The molecule has 2 aromatic heterocycles. The highest BCUT2D eigenvalue weighted by Gasteiger charge is 2.13. The zero-order valence-corrected chi connectivity index (χ0v) is 10.5. The lowest BCUT2D eigenvalue weighted by Gasteiger charge is -2.08. The Hall–Kier alpha value is -2.69. The molecule has 0 radical (unpaired) electrons. The zero-order chi connectivity index (χ0) is 13.2. The van der Waals surface area contributed by atoms with Gasteiger partial charge in [-0.3, -0.25) is 4.57 Å². The van der Waals surface area contributed by atoms with Gasteiger partial charge in [-0.15, -0.1) is 10.2 Å². The largest absolute Gasteiger partial charge is 0.384 e. The van der Waals surface area contributed by atoms with Gasteiger partial charge in [0.25, 0.3) is 0 Å². The summed E-state index contributed by atoms with van der Waals surface area (Å²) in [7, 11) is 0. The Kier molecular flexibility index (Phi) is 2.72. The first kappa shape index (κ1) is 11.4. The van der Waals surface area contributed by atoms with E-state index in [1.54, 1.807) is 6.07 Å². The first-order valence-corrected chi connectivity index (χ1v) is 5.96. The van der Waals surface area contributed by atoms with Gasteiger partial charge in [-0.1, -0.05) is 24.3 Å². The summed E-state index contributed by atoms with van der Waals surface area (Å²) in [6.45, 7) is 1.91. The Morgan fingerprint density at radius 1 is 0.947 bits per heavy atom. The maximum Gasteiger partial charge on any atom is 0.187 e. The molecule has 0 unspecified atom stereocenters. The van der Waals surface area contributed by atoms with E-state index in [-0.39, 0.29) is 0 Å². The predicted molar refractivity (Wildman–Crippen MR) is 73.7 cm³/mol. The number of nitrogens with two attached hydrogens (primary N) is 1. The van der Waals surface area contributed by atoms with Crippen LogP contribution in [0.1, 0.15) is 5.82 Å². The number of rotatable bonds is 2. The Balaban J connectivity index is 2.19. The lowest BCUT2D eigenvalue weighted by Crippen LogP contribution is -2.01. The van der Waals surface area contributed by atoms with Gasteiger partial charge in [0.05, 0.1) is 0 Å². The number of hydrogen-bond acceptors (Lipinski definition) is 4. The van der Waals surface area contributed by atoms with E-state index in [4.69, 9.17) is 5.73 Å². The molecule has 2 heterocycles. The maximum atomic E-state index is 5.72. The van der Waals surface area contributed by atoms with Crippen LogP contribution >= 0.6 is 0 Å². The van der Waals surface area contributed by atoms with Crippen molar-refractivity contribution in [2.45, 2.75) is 6.92 Å². The summed E-state index contributed by atoms with van der Waals surface area (Å²) in [4.78, 5) is 4.30. The van der Waals surface area contributed by atoms with Crippen molar-refractivity contribution in [3.05, 3.63) is 54.4 Å². The quantitative estimate of drug-likeness (QED) is 0.758. The van der Waals surface area contributed by atoms with Gasteiger partial charge in [0, 0.05) is 5.69 Å². The van der Waals surface area contributed by atoms with Gasteiger partial charge in [0.15, 0.2) is 5.82 Å². The molecular weight excluding hydrogens is 238 g/mol. The molecule has 5 heteroatoms. The molecule has 0 aliphatic carbocycles. The van der Waals surface area contributed by atoms with Crippen LogP contribution in [-0.4, -0.2) is 19.7 Å². The standard InChI is InChI=1S/C14H13N5/c1-10-17-18-14(12-8-5-9-13(15)16-12)19(10)11-6-3-2-4-7-11/h2-9H,1H3,(H2,15,16). The molecule has 0 spiro atoms. The van der Waals surface area contributed by atoms with Crippen LogP contribution in [0, 0.1) is 6.92 Å². The fourth-order valence-electron chi connectivity index (χ4n) is 1.99. The Labute approximate surface area is 110 Å². The van der Waals surface area contributed by atoms with Gasteiger partial charge >= 0.3 is 0 Å². The van der Waals surface area contributed by atoms with Crippen LogP contribution in [0.4, 0.5) is 5.82 Å². The third kappa shape index (κ3) is 2.06. The van der Waals surface area contributed by atoms with Crippen molar-refractivity contribution in [3.8, 4) is 17.2 Å². The maximum absolute atomic E-state index is 5.72. The molecule has 0 atom stereocenters. The second-order valence-corrected chi connectivity index (χ2v) is 4.19. The minimum atomic E-state index is 0.470. The van der Waals surface area contributed by atoms with Crippen LogP contribution in [0.2, 0.25) is 0 Å².